The number of halogens is 3. The van der Waals surface area contributed by atoms with Crippen LogP contribution in [0.5, 0.6) is 11.8 Å². The third kappa shape index (κ3) is 6.29. The Labute approximate surface area is 159 Å². The quantitative estimate of drug-likeness (QED) is 0.801. The van der Waals surface area contributed by atoms with Crippen LogP contribution in [-0.2, 0) is 0 Å². The summed E-state index contributed by atoms with van der Waals surface area (Å²) in [6.07, 6.45) is 1.47. The number of nitrogens with one attached hydrogen (secondary N) is 2. The second kappa shape index (κ2) is 8.77. The van der Waals surface area contributed by atoms with Crippen LogP contribution in [-0.4, -0.2) is 34.5 Å². The molecule has 150 valence electrons. The first-order valence-corrected chi connectivity index (χ1v) is 8.74. The van der Waals surface area contributed by atoms with Gasteiger partial charge >= 0.3 is 18.4 Å². The number of amides is 2. The van der Waals surface area contributed by atoms with Crippen LogP contribution in [0.3, 0.4) is 0 Å². The number of hydrogen-bond donors (Lipinski definition) is 2. The number of carbonyl (C=O) groups is 1. The van der Waals surface area contributed by atoms with Gasteiger partial charge in [0.15, 0.2) is 0 Å². The van der Waals surface area contributed by atoms with Gasteiger partial charge in [-0.2, -0.15) is 0 Å². The molecular formula is C18H19F3N4O3. The minimum Gasteiger partial charge on any atom is -0.460 e. The average molecular weight is 396 g/mol. The Morgan fingerprint density at radius 2 is 1.68 bits per heavy atom. The summed E-state index contributed by atoms with van der Waals surface area (Å²) >= 11 is 0. The second-order valence-electron chi connectivity index (χ2n) is 6.29. The number of anilines is 1. The Morgan fingerprint density at radius 1 is 1.04 bits per heavy atom. The first-order chi connectivity index (χ1) is 13.4. The van der Waals surface area contributed by atoms with Gasteiger partial charge in [-0.25, -0.2) is 14.8 Å². The third-order valence-corrected chi connectivity index (χ3v) is 4.17. The normalized spacial score (nSPS) is 19.5. The van der Waals surface area contributed by atoms with Crippen molar-refractivity contribution in [3.05, 3.63) is 42.7 Å². The van der Waals surface area contributed by atoms with Crippen LogP contribution in [0.25, 0.3) is 0 Å². The van der Waals surface area contributed by atoms with Crippen molar-refractivity contribution in [1.29, 1.82) is 0 Å². The number of ether oxygens (including phenoxy) is 2. The number of aromatic nitrogens is 2. The molecule has 1 aliphatic carbocycles. The molecule has 2 aromatic rings. The summed E-state index contributed by atoms with van der Waals surface area (Å²) in [4.78, 5) is 20.1. The van der Waals surface area contributed by atoms with E-state index in [0.717, 1.165) is 37.8 Å². The van der Waals surface area contributed by atoms with E-state index in [-0.39, 0.29) is 17.9 Å². The van der Waals surface area contributed by atoms with Gasteiger partial charge < -0.3 is 20.1 Å². The smallest absolute Gasteiger partial charge is 0.460 e. The zero-order chi connectivity index (χ0) is 20.0. The molecule has 1 aromatic heterocycles. The molecule has 10 heteroatoms. The molecule has 2 amide bonds. The van der Waals surface area contributed by atoms with Crippen LogP contribution in [0, 0.1) is 0 Å². The second-order valence-corrected chi connectivity index (χ2v) is 6.29. The molecule has 0 aliphatic heterocycles. The highest BCUT2D eigenvalue weighted by molar-refractivity contribution is 5.89. The molecule has 0 radical (unpaired) electrons. The first-order valence-electron chi connectivity index (χ1n) is 8.74. The predicted octanol–water partition coefficient (Wildman–Crippen LogP) is 3.89. The summed E-state index contributed by atoms with van der Waals surface area (Å²) in [6.45, 7) is 0. The van der Waals surface area contributed by atoms with Gasteiger partial charge in [-0.1, -0.05) is 0 Å². The Kier molecular flexibility index (Phi) is 6.17. The van der Waals surface area contributed by atoms with Crippen molar-refractivity contribution < 1.29 is 27.4 Å². The van der Waals surface area contributed by atoms with Gasteiger partial charge in [0.2, 0.25) is 0 Å². The van der Waals surface area contributed by atoms with Crippen LogP contribution >= 0.6 is 0 Å². The minimum atomic E-state index is -4.75. The van der Waals surface area contributed by atoms with Gasteiger partial charge in [0.05, 0.1) is 0 Å². The maximum absolute atomic E-state index is 12.1. The van der Waals surface area contributed by atoms with E-state index in [1.807, 2.05) is 0 Å². The van der Waals surface area contributed by atoms with Gasteiger partial charge in [-0.05, 0) is 56.0 Å². The highest BCUT2D eigenvalue weighted by Crippen LogP contribution is 2.24. The number of nitrogens with zero attached hydrogens (tertiary/aromatic N) is 2. The van der Waals surface area contributed by atoms with Gasteiger partial charge in [0.1, 0.15) is 11.9 Å². The minimum absolute atomic E-state index is 0.00434. The summed E-state index contributed by atoms with van der Waals surface area (Å²) in [5.74, 6) is -0.348. The largest absolute Gasteiger partial charge is 0.573 e. The molecule has 0 spiro atoms. The van der Waals surface area contributed by atoms with Gasteiger partial charge in [-0.15, -0.1) is 13.2 Å². The van der Waals surface area contributed by atoms with Crippen molar-refractivity contribution in [3.63, 3.8) is 0 Å². The number of rotatable bonds is 5. The van der Waals surface area contributed by atoms with Crippen molar-refractivity contribution in [2.75, 3.05) is 5.32 Å². The highest BCUT2D eigenvalue weighted by atomic mass is 19.4. The monoisotopic (exact) mass is 396 g/mol. The van der Waals surface area contributed by atoms with E-state index in [1.165, 1.54) is 12.1 Å². The third-order valence-electron chi connectivity index (χ3n) is 4.17. The molecule has 2 N–H and O–H groups in total. The lowest BCUT2D eigenvalue weighted by molar-refractivity contribution is -0.274. The lowest BCUT2D eigenvalue weighted by Gasteiger charge is -2.28. The average Bonchev–Trinajstić information content (AvgIpc) is 2.65. The fraction of sp³-hybridized carbons (Fsp3) is 0.389. The van der Waals surface area contributed by atoms with Crippen molar-refractivity contribution in [2.24, 2.45) is 0 Å². The van der Waals surface area contributed by atoms with E-state index < -0.39 is 12.4 Å². The van der Waals surface area contributed by atoms with Crippen LogP contribution in [0.4, 0.5) is 23.7 Å². The van der Waals surface area contributed by atoms with E-state index in [4.69, 9.17) is 4.74 Å². The van der Waals surface area contributed by atoms with Crippen LogP contribution in [0.15, 0.2) is 42.7 Å². The van der Waals surface area contributed by atoms with Crippen molar-refractivity contribution in [3.8, 4) is 11.8 Å². The molecule has 0 bridgehead atoms. The number of urea groups is 1. The number of benzene rings is 1. The zero-order valence-electron chi connectivity index (χ0n) is 14.8. The molecule has 3 rings (SSSR count). The van der Waals surface area contributed by atoms with Crippen molar-refractivity contribution >= 4 is 11.7 Å². The molecule has 1 heterocycles. The Morgan fingerprint density at radius 3 is 2.29 bits per heavy atom. The molecule has 1 aliphatic rings. The number of alkyl halides is 3. The van der Waals surface area contributed by atoms with E-state index in [0.29, 0.717) is 11.7 Å². The lowest BCUT2D eigenvalue weighted by Crippen LogP contribution is -2.41. The van der Waals surface area contributed by atoms with Gasteiger partial charge in [-0.3, -0.25) is 0 Å². The summed E-state index contributed by atoms with van der Waals surface area (Å²) in [7, 11) is 0. The summed E-state index contributed by atoms with van der Waals surface area (Å²) in [5, 5.41) is 5.45. The molecule has 0 saturated heterocycles. The molecule has 1 saturated carbocycles. The van der Waals surface area contributed by atoms with E-state index in [1.54, 1.807) is 18.5 Å². The maximum Gasteiger partial charge on any atom is 0.573 e. The highest BCUT2D eigenvalue weighted by Gasteiger charge is 2.31. The van der Waals surface area contributed by atoms with Gasteiger partial charge in [0.25, 0.3) is 0 Å². The first kappa shape index (κ1) is 19.7. The van der Waals surface area contributed by atoms with E-state index in [2.05, 4.69) is 25.3 Å². The maximum atomic E-state index is 12.1. The predicted molar refractivity (Wildman–Crippen MR) is 94.0 cm³/mol. The standard InChI is InChI=1S/C18H19F3N4O3/c19-18(20,21)28-15-8-4-13(5-9-15)25-16(26)24-12-2-6-14(7-3-12)27-17-22-10-1-11-23-17/h1,4-5,8-12,14H,2-3,6-7H2,(H2,24,25,26). The molecule has 7 nitrogen and oxygen atoms in total. The lowest BCUT2D eigenvalue weighted by atomic mass is 9.93. The van der Waals surface area contributed by atoms with Crippen molar-refractivity contribution in [1.82, 2.24) is 15.3 Å². The molecule has 1 aromatic carbocycles. The number of hydrogen-bond acceptors (Lipinski definition) is 5. The van der Waals surface area contributed by atoms with Crippen LogP contribution in [0.1, 0.15) is 25.7 Å². The fourth-order valence-corrected chi connectivity index (χ4v) is 2.91. The molecule has 0 atom stereocenters. The molecular weight excluding hydrogens is 377 g/mol. The Hall–Kier alpha value is -3.04. The molecule has 1 fully saturated rings. The number of carbonyl (C=O) groups excluding carboxylic acids is 1. The van der Waals surface area contributed by atoms with E-state index in [9.17, 15) is 18.0 Å². The molecule has 28 heavy (non-hydrogen) atoms. The van der Waals surface area contributed by atoms with Gasteiger partial charge in [0, 0.05) is 24.1 Å². The van der Waals surface area contributed by atoms with Crippen molar-refractivity contribution in [2.45, 2.75) is 44.2 Å². The van der Waals surface area contributed by atoms with Crippen LogP contribution < -0.4 is 20.1 Å². The fourth-order valence-electron chi connectivity index (χ4n) is 2.91. The SMILES string of the molecule is O=C(Nc1ccc(OC(F)(F)F)cc1)NC1CCC(Oc2ncccn2)CC1. The Bertz CT molecular complexity index is 764. The summed E-state index contributed by atoms with van der Waals surface area (Å²) < 4.78 is 45.9. The summed E-state index contributed by atoms with van der Waals surface area (Å²) in [5.41, 5.74) is 0.366. The topological polar surface area (TPSA) is 85.4 Å². The Balaban J connectivity index is 1.41. The van der Waals surface area contributed by atoms with E-state index >= 15 is 0 Å². The molecule has 0 unspecified atom stereocenters. The van der Waals surface area contributed by atoms with Crippen LogP contribution in [0.2, 0.25) is 0 Å². The zero-order valence-corrected chi connectivity index (χ0v) is 14.8. The summed E-state index contributed by atoms with van der Waals surface area (Å²) in [6, 6.07) is 6.58.